The first-order chi connectivity index (χ1) is 13.4. The number of aromatic nitrogens is 2. The quantitative estimate of drug-likeness (QED) is 0.799. The van der Waals surface area contributed by atoms with Crippen LogP contribution in [0.3, 0.4) is 0 Å². The van der Waals surface area contributed by atoms with Crippen molar-refractivity contribution in [2.75, 3.05) is 28.2 Å². The van der Waals surface area contributed by atoms with E-state index < -0.39 is 0 Å². The SMILES string of the molecule is C=C(NC(C)C)c1ccc2c(n1)N(C(=C)Nc1ccccn1)[C@@]1(C)CCN2C1. The Labute approximate surface area is 167 Å². The second-order valence-electron chi connectivity index (χ2n) is 8.11. The molecule has 0 amide bonds. The number of rotatable bonds is 6. The van der Waals surface area contributed by atoms with Gasteiger partial charge in [-0.3, -0.25) is 0 Å². The lowest BCUT2D eigenvalue weighted by Gasteiger charge is -2.45. The van der Waals surface area contributed by atoms with E-state index in [-0.39, 0.29) is 5.54 Å². The molecule has 1 atom stereocenters. The van der Waals surface area contributed by atoms with E-state index in [2.05, 4.69) is 65.4 Å². The largest absolute Gasteiger partial charge is 0.382 e. The van der Waals surface area contributed by atoms with E-state index in [1.165, 1.54) is 0 Å². The Morgan fingerprint density at radius 2 is 2.04 bits per heavy atom. The van der Waals surface area contributed by atoms with Crippen molar-refractivity contribution in [2.45, 2.75) is 38.8 Å². The lowest BCUT2D eigenvalue weighted by molar-refractivity contribution is 0.484. The normalized spacial score (nSPS) is 20.1. The van der Waals surface area contributed by atoms with Crippen molar-refractivity contribution in [1.82, 2.24) is 15.3 Å². The molecule has 0 spiro atoms. The second kappa shape index (κ2) is 6.86. The van der Waals surface area contributed by atoms with Gasteiger partial charge in [-0.15, -0.1) is 0 Å². The van der Waals surface area contributed by atoms with Gasteiger partial charge in [-0.05, 0) is 51.5 Å². The number of hydrogen-bond acceptors (Lipinski definition) is 6. The van der Waals surface area contributed by atoms with E-state index in [0.29, 0.717) is 6.04 Å². The minimum absolute atomic E-state index is 0.0652. The van der Waals surface area contributed by atoms with Crippen molar-refractivity contribution in [3.05, 3.63) is 61.2 Å². The average molecular weight is 377 g/mol. The van der Waals surface area contributed by atoms with Crippen LogP contribution in [0.4, 0.5) is 17.3 Å². The van der Waals surface area contributed by atoms with Crippen LogP contribution in [-0.2, 0) is 0 Å². The number of pyridine rings is 2. The Morgan fingerprint density at radius 1 is 1.21 bits per heavy atom. The summed E-state index contributed by atoms with van der Waals surface area (Å²) in [5.74, 6) is 2.49. The van der Waals surface area contributed by atoms with Crippen LogP contribution in [0.2, 0.25) is 0 Å². The lowest BCUT2D eigenvalue weighted by Crippen LogP contribution is -2.52. The van der Waals surface area contributed by atoms with E-state index >= 15 is 0 Å². The first-order valence-electron chi connectivity index (χ1n) is 9.76. The van der Waals surface area contributed by atoms with Gasteiger partial charge in [0.25, 0.3) is 0 Å². The molecule has 2 N–H and O–H groups in total. The first-order valence-corrected chi connectivity index (χ1v) is 9.76. The average Bonchev–Trinajstić information content (AvgIpc) is 2.99. The van der Waals surface area contributed by atoms with Gasteiger partial charge >= 0.3 is 0 Å². The maximum Gasteiger partial charge on any atom is 0.159 e. The lowest BCUT2D eigenvalue weighted by atomic mass is 9.97. The molecule has 2 aliphatic rings. The standard InChI is InChI=1S/C22H28N6/c1-15(2)24-16(3)18-9-10-19-21(26-18)28(22(5)11-13-27(19)14-22)17(4)25-20-8-6-7-12-23-20/h6-10,12,15,24H,3-4,11,13-14H2,1-2,5H3,(H,23,25)/t22-/m0/s1. The zero-order valence-corrected chi connectivity index (χ0v) is 16.9. The molecular weight excluding hydrogens is 348 g/mol. The summed E-state index contributed by atoms with van der Waals surface area (Å²) in [4.78, 5) is 14.0. The maximum absolute atomic E-state index is 5.00. The third-order valence-electron chi connectivity index (χ3n) is 5.38. The first kappa shape index (κ1) is 18.3. The van der Waals surface area contributed by atoms with E-state index in [1.54, 1.807) is 6.20 Å². The summed E-state index contributed by atoms with van der Waals surface area (Å²) in [5.41, 5.74) is 2.76. The van der Waals surface area contributed by atoms with E-state index in [9.17, 15) is 0 Å². The molecule has 2 aliphatic heterocycles. The minimum Gasteiger partial charge on any atom is -0.382 e. The van der Waals surface area contributed by atoms with Crippen LogP contribution in [0.25, 0.3) is 5.70 Å². The number of anilines is 3. The fraction of sp³-hybridized carbons (Fsp3) is 0.364. The molecular formula is C22H28N6. The van der Waals surface area contributed by atoms with Crippen molar-refractivity contribution in [2.24, 2.45) is 0 Å². The molecule has 146 valence electrons. The van der Waals surface area contributed by atoms with Crippen molar-refractivity contribution in [3.8, 4) is 0 Å². The molecule has 0 unspecified atom stereocenters. The van der Waals surface area contributed by atoms with Crippen LogP contribution in [-0.4, -0.2) is 34.6 Å². The Morgan fingerprint density at radius 3 is 2.75 bits per heavy atom. The topological polar surface area (TPSA) is 56.3 Å². The predicted molar refractivity (Wildman–Crippen MR) is 116 cm³/mol. The van der Waals surface area contributed by atoms with Gasteiger partial charge in [-0.2, -0.15) is 0 Å². The summed E-state index contributed by atoms with van der Waals surface area (Å²) in [6.07, 6.45) is 2.82. The highest BCUT2D eigenvalue weighted by Gasteiger charge is 2.47. The monoisotopic (exact) mass is 376 g/mol. The molecule has 6 nitrogen and oxygen atoms in total. The third-order valence-corrected chi connectivity index (χ3v) is 5.38. The molecule has 4 heterocycles. The highest BCUT2D eigenvalue weighted by Crippen LogP contribution is 2.46. The molecule has 0 saturated carbocycles. The number of nitrogens with zero attached hydrogens (tertiary/aromatic N) is 4. The molecule has 0 radical (unpaired) electrons. The van der Waals surface area contributed by atoms with Gasteiger partial charge < -0.3 is 20.4 Å². The predicted octanol–water partition coefficient (Wildman–Crippen LogP) is 3.82. The molecule has 1 saturated heterocycles. The van der Waals surface area contributed by atoms with Gasteiger partial charge in [0, 0.05) is 25.3 Å². The van der Waals surface area contributed by atoms with E-state index in [4.69, 9.17) is 4.98 Å². The van der Waals surface area contributed by atoms with Crippen LogP contribution < -0.4 is 20.4 Å². The molecule has 6 heteroatoms. The zero-order valence-electron chi connectivity index (χ0n) is 16.9. The zero-order chi connectivity index (χ0) is 19.9. The van der Waals surface area contributed by atoms with Crippen LogP contribution in [0.15, 0.2) is 55.5 Å². The molecule has 2 bridgehead atoms. The highest BCUT2D eigenvalue weighted by molar-refractivity contribution is 5.78. The van der Waals surface area contributed by atoms with Crippen LogP contribution in [0, 0.1) is 0 Å². The Hall–Kier alpha value is -3.02. The summed E-state index contributed by atoms with van der Waals surface area (Å²) < 4.78 is 0. The van der Waals surface area contributed by atoms with Crippen LogP contribution in [0.1, 0.15) is 32.9 Å². The van der Waals surface area contributed by atoms with E-state index in [0.717, 1.165) is 54.0 Å². The summed E-state index contributed by atoms with van der Waals surface area (Å²) in [7, 11) is 0. The van der Waals surface area contributed by atoms with Gasteiger partial charge in [-0.1, -0.05) is 19.2 Å². The minimum atomic E-state index is -0.0652. The molecule has 2 aromatic heterocycles. The molecule has 28 heavy (non-hydrogen) atoms. The molecule has 2 aromatic rings. The molecule has 1 fully saturated rings. The van der Waals surface area contributed by atoms with Gasteiger partial charge in [0.1, 0.15) is 11.6 Å². The molecule has 4 rings (SSSR count). The molecule has 0 aliphatic carbocycles. The summed E-state index contributed by atoms with van der Waals surface area (Å²) in [6.45, 7) is 16.9. The van der Waals surface area contributed by atoms with E-state index in [1.807, 2.05) is 24.3 Å². The van der Waals surface area contributed by atoms with Gasteiger partial charge in [0.05, 0.1) is 22.6 Å². The van der Waals surface area contributed by atoms with Crippen LogP contribution in [0.5, 0.6) is 0 Å². The van der Waals surface area contributed by atoms with Crippen LogP contribution >= 0.6 is 0 Å². The summed E-state index contributed by atoms with van der Waals surface area (Å²) in [5, 5.41) is 6.73. The highest BCUT2D eigenvalue weighted by atomic mass is 15.4. The summed E-state index contributed by atoms with van der Waals surface area (Å²) >= 11 is 0. The van der Waals surface area contributed by atoms with Crippen molar-refractivity contribution in [3.63, 3.8) is 0 Å². The second-order valence-corrected chi connectivity index (χ2v) is 8.11. The number of hydrogen-bond donors (Lipinski definition) is 2. The number of nitrogens with one attached hydrogen (secondary N) is 2. The number of fused-ring (bicyclic) bond motifs is 4. The summed E-state index contributed by atoms with van der Waals surface area (Å²) in [6, 6.07) is 10.3. The van der Waals surface area contributed by atoms with Gasteiger partial charge in [0.2, 0.25) is 0 Å². The fourth-order valence-electron chi connectivity index (χ4n) is 4.13. The molecule has 0 aromatic carbocycles. The van der Waals surface area contributed by atoms with Gasteiger partial charge in [0.15, 0.2) is 5.82 Å². The Balaban J connectivity index is 1.72. The van der Waals surface area contributed by atoms with Gasteiger partial charge in [-0.25, -0.2) is 9.97 Å². The van der Waals surface area contributed by atoms with Crippen molar-refractivity contribution in [1.29, 1.82) is 0 Å². The van der Waals surface area contributed by atoms with Crippen molar-refractivity contribution >= 4 is 23.0 Å². The van der Waals surface area contributed by atoms with Crippen molar-refractivity contribution < 1.29 is 0 Å². The smallest absolute Gasteiger partial charge is 0.159 e. The Kier molecular flexibility index (Phi) is 4.49. The fourth-order valence-corrected chi connectivity index (χ4v) is 4.13. The maximum atomic E-state index is 5.00. The third kappa shape index (κ3) is 3.19. The Bertz CT molecular complexity index is 906.